The van der Waals surface area contributed by atoms with Crippen LogP contribution in [0.5, 0.6) is 0 Å². The molecule has 3 nitrogen and oxygen atoms in total. The van der Waals surface area contributed by atoms with E-state index < -0.39 is 0 Å². The number of rotatable bonds is 0. The Morgan fingerprint density at radius 3 is 2.92 bits per heavy atom. The molecule has 0 spiro atoms. The summed E-state index contributed by atoms with van der Waals surface area (Å²) in [5.74, 6) is 1.82. The molecule has 0 aromatic carbocycles. The highest BCUT2D eigenvalue weighted by atomic mass is 16.6. The van der Waals surface area contributed by atoms with Crippen molar-refractivity contribution < 1.29 is 14.3 Å². The predicted octanol–water partition coefficient (Wildman–Crippen LogP) is 0.581. The molecule has 2 aliphatic heterocycles. The molecule has 2 bridgehead atoms. The molecule has 4 rings (SSSR count). The SMILES string of the molecule is CC1OC(=O)C2C3CC(C4OC34)C12. The lowest BCUT2D eigenvalue weighted by atomic mass is 9.79. The molecule has 4 aliphatic rings. The summed E-state index contributed by atoms with van der Waals surface area (Å²) in [6.45, 7) is 2.03. The summed E-state index contributed by atoms with van der Waals surface area (Å²) >= 11 is 0. The van der Waals surface area contributed by atoms with Crippen molar-refractivity contribution in [3.8, 4) is 0 Å². The van der Waals surface area contributed by atoms with Gasteiger partial charge in [0.15, 0.2) is 0 Å². The lowest BCUT2D eigenvalue weighted by molar-refractivity contribution is -0.145. The first-order valence-electron chi connectivity index (χ1n) is 5.13. The third kappa shape index (κ3) is 0.592. The van der Waals surface area contributed by atoms with Crippen molar-refractivity contribution in [1.82, 2.24) is 0 Å². The topological polar surface area (TPSA) is 38.8 Å². The molecule has 0 amide bonds. The summed E-state index contributed by atoms with van der Waals surface area (Å²) in [5, 5.41) is 0. The Morgan fingerprint density at radius 2 is 2.08 bits per heavy atom. The molecule has 2 aliphatic carbocycles. The fourth-order valence-electron chi connectivity index (χ4n) is 4.00. The molecular formula is C10H12O3. The number of ether oxygens (including phenoxy) is 2. The van der Waals surface area contributed by atoms with E-state index in [-0.39, 0.29) is 18.0 Å². The Balaban J connectivity index is 1.80. The zero-order chi connectivity index (χ0) is 8.74. The van der Waals surface area contributed by atoms with E-state index in [1.807, 2.05) is 6.92 Å². The van der Waals surface area contributed by atoms with Crippen LogP contribution in [0.15, 0.2) is 0 Å². The molecule has 2 saturated carbocycles. The normalized spacial score (nSPS) is 66.2. The molecule has 7 atom stereocenters. The first-order valence-corrected chi connectivity index (χ1v) is 5.13. The van der Waals surface area contributed by atoms with Gasteiger partial charge in [0.25, 0.3) is 0 Å². The molecule has 4 fully saturated rings. The van der Waals surface area contributed by atoms with Gasteiger partial charge in [-0.05, 0) is 19.3 Å². The van der Waals surface area contributed by atoms with Crippen LogP contribution >= 0.6 is 0 Å². The van der Waals surface area contributed by atoms with Gasteiger partial charge in [-0.2, -0.15) is 0 Å². The van der Waals surface area contributed by atoms with E-state index in [0.717, 1.165) is 0 Å². The number of carbonyl (C=O) groups is 1. The van der Waals surface area contributed by atoms with Gasteiger partial charge in [-0.15, -0.1) is 0 Å². The fraction of sp³-hybridized carbons (Fsp3) is 0.900. The summed E-state index contributed by atoms with van der Waals surface area (Å²) in [4.78, 5) is 11.5. The van der Waals surface area contributed by atoms with Crippen molar-refractivity contribution in [2.24, 2.45) is 23.7 Å². The minimum absolute atomic E-state index is 0.0407. The van der Waals surface area contributed by atoms with Crippen molar-refractivity contribution in [2.75, 3.05) is 0 Å². The van der Waals surface area contributed by atoms with Gasteiger partial charge in [-0.25, -0.2) is 0 Å². The zero-order valence-corrected chi connectivity index (χ0v) is 7.47. The molecule has 3 heteroatoms. The molecule has 0 aromatic heterocycles. The number of carbonyl (C=O) groups excluding carboxylic acids is 1. The molecule has 13 heavy (non-hydrogen) atoms. The summed E-state index contributed by atoms with van der Waals surface area (Å²) in [6.07, 6.45) is 2.26. The fourth-order valence-corrected chi connectivity index (χ4v) is 4.00. The van der Waals surface area contributed by atoms with E-state index in [1.165, 1.54) is 6.42 Å². The van der Waals surface area contributed by atoms with Gasteiger partial charge in [0.2, 0.25) is 0 Å². The number of hydrogen-bond donors (Lipinski definition) is 0. The van der Waals surface area contributed by atoms with Gasteiger partial charge < -0.3 is 9.47 Å². The zero-order valence-electron chi connectivity index (χ0n) is 7.47. The quantitative estimate of drug-likeness (QED) is 0.404. The Labute approximate surface area is 76.4 Å². The largest absolute Gasteiger partial charge is 0.462 e. The van der Waals surface area contributed by atoms with Crippen molar-refractivity contribution >= 4 is 5.97 Å². The van der Waals surface area contributed by atoms with Gasteiger partial charge in [0.05, 0.1) is 18.1 Å². The highest BCUT2D eigenvalue weighted by Gasteiger charge is 2.72. The number of hydrogen-bond acceptors (Lipinski definition) is 3. The summed E-state index contributed by atoms with van der Waals surface area (Å²) in [5.41, 5.74) is 0. The van der Waals surface area contributed by atoms with Crippen LogP contribution in [0.3, 0.4) is 0 Å². The maximum Gasteiger partial charge on any atom is 0.310 e. The van der Waals surface area contributed by atoms with Gasteiger partial charge >= 0.3 is 5.97 Å². The lowest BCUT2D eigenvalue weighted by Crippen LogP contribution is -2.30. The lowest BCUT2D eigenvalue weighted by Gasteiger charge is -2.19. The van der Waals surface area contributed by atoms with Crippen LogP contribution in [0.4, 0.5) is 0 Å². The minimum atomic E-state index is 0.0407. The molecule has 2 heterocycles. The Hall–Kier alpha value is -0.570. The standard InChI is InChI=1S/C10H12O3/c1-3-6-4-2-5(9-8(4)13-9)7(6)10(11)12-3/h3-9H,2H2,1H3. The van der Waals surface area contributed by atoms with Crippen molar-refractivity contribution in [2.45, 2.75) is 31.7 Å². The molecule has 7 unspecified atom stereocenters. The summed E-state index contributed by atoms with van der Waals surface area (Å²) in [7, 11) is 0. The Morgan fingerprint density at radius 1 is 1.31 bits per heavy atom. The molecule has 0 N–H and O–H groups in total. The van der Waals surface area contributed by atoms with Crippen LogP contribution in [0.25, 0.3) is 0 Å². The second-order valence-corrected chi connectivity index (χ2v) is 4.87. The third-order valence-corrected chi connectivity index (χ3v) is 4.44. The number of esters is 1. The van der Waals surface area contributed by atoms with Gasteiger partial charge in [-0.1, -0.05) is 0 Å². The average molecular weight is 180 g/mol. The van der Waals surface area contributed by atoms with Gasteiger partial charge in [0, 0.05) is 11.8 Å². The van der Waals surface area contributed by atoms with Gasteiger partial charge in [0.1, 0.15) is 6.10 Å². The summed E-state index contributed by atoms with van der Waals surface area (Å²) < 4.78 is 10.8. The highest BCUT2D eigenvalue weighted by Crippen LogP contribution is 2.64. The van der Waals surface area contributed by atoms with Crippen LogP contribution in [0, 0.1) is 23.7 Å². The average Bonchev–Trinajstić information content (AvgIpc) is 2.58. The van der Waals surface area contributed by atoms with Crippen LogP contribution in [0.2, 0.25) is 0 Å². The van der Waals surface area contributed by atoms with Crippen molar-refractivity contribution in [3.05, 3.63) is 0 Å². The third-order valence-electron chi connectivity index (χ3n) is 4.44. The number of epoxide rings is 1. The van der Waals surface area contributed by atoms with Crippen LogP contribution in [0.1, 0.15) is 13.3 Å². The summed E-state index contributed by atoms with van der Waals surface area (Å²) in [6, 6.07) is 0. The molecule has 0 radical (unpaired) electrons. The second-order valence-electron chi connectivity index (χ2n) is 4.87. The van der Waals surface area contributed by atoms with E-state index in [9.17, 15) is 4.79 Å². The smallest absolute Gasteiger partial charge is 0.310 e. The highest BCUT2D eigenvalue weighted by molar-refractivity contribution is 5.77. The second kappa shape index (κ2) is 1.78. The first-order chi connectivity index (χ1) is 6.27. The molecule has 2 saturated heterocycles. The van der Waals surface area contributed by atoms with E-state index in [2.05, 4.69) is 0 Å². The first kappa shape index (κ1) is 6.82. The van der Waals surface area contributed by atoms with Crippen LogP contribution in [-0.4, -0.2) is 24.3 Å². The molecular weight excluding hydrogens is 168 g/mol. The van der Waals surface area contributed by atoms with E-state index in [4.69, 9.17) is 9.47 Å². The number of fused-ring (bicyclic) bond motifs is 8. The van der Waals surface area contributed by atoms with E-state index in [1.54, 1.807) is 0 Å². The Bertz CT molecular complexity index is 301. The van der Waals surface area contributed by atoms with Crippen LogP contribution < -0.4 is 0 Å². The van der Waals surface area contributed by atoms with E-state index >= 15 is 0 Å². The van der Waals surface area contributed by atoms with Crippen LogP contribution in [-0.2, 0) is 14.3 Å². The number of cyclic esters (lactones) is 1. The maximum absolute atomic E-state index is 11.5. The molecule has 70 valence electrons. The Kier molecular flexibility index (Phi) is 0.934. The van der Waals surface area contributed by atoms with Crippen molar-refractivity contribution in [1.29, 1.82) is 0 Å². The van der Waals surface area contributed by atoms with E-state index in [0.29, 0.717) is 30.0 Å². The maximum atomic E-state index is 11.5. The monoisotopic (exact) mass is 180 g/mol. The van der Waals surface area contributed by atoms with Crippen molar-refractivity contribution in [3.63, 3.8) is 0 Å². The predicted molar refractivity (Wildman–Crippen MR) is 42.8 cm³/mol. The molecule has 0 aromatic rings. The van der Waals surface area contributed by atoms with Gasteiger partial charge in [-0.3, -0.25) is 4.79 Å². The minimum Gasteiger partial charge on any atom is -0.462 e.